The lowest BCUT2D eigenvalue weighted by molar-refractivity contribution is -0.247. The molecule has 1 aromatic heterocycles. The van der Waals surface area contributed by atoms with Crippen LogP contribution in [0.2, 0.25) is 0 Å². The number of nitrogens with zero attached hydrogens (tertiary/aromatic N) is 1. The number of amides is 2. The van der Waals surface area contributed by atoms with Crippen molar-refractivity contribution in [1.82, 2.24) is 20.2 Å². The predicted molar refractivity (Wildman–Crippen MR) is 220 cm³/mol. The van der Waals surface area contributed by atoms with E-state index >= 15 is 0 Å². The van der Waals surface area contributed by atoms with Gasteiger partial charge in [-0.05, 0) is 42.0 Å². The second-order valence-electron chi connectivity index (χ2n) is 14.8. The number of fused-ring (bicyclic) bond motifs is 2. The van der Waals surface area contributed by atoms with Crippen molar-refractivity contribution in [2.24, 2.45) is 0 Å². The van der Waals surface area contributed by atoms with Crippen molar-refractivity contribution in [3.05, 3.63) is 109 Å². The van der Waals surface area contributed by atoms with Gasteiger partial charge in [0.2, 0.25) is 5.91 Å². The molecule has 3 aromatic rings. The lowest BCUT2D eigenvalue weighted by Gasteiger charge is -2.42. The van der Waals surface area contributed by atoms with Crippen molar-refractivity contribution in [3.63, 3.8) is 0 Å². The number of carbonyl (C=O) groups is 3. The van der Waals surface area contributed by atoms with E-state index in [9.17, 15) is 83.4 Å². The van der Waals surface area contributed by atoms with Gasteiger partial charge in [0.25, 0.3) is 11.5 Å². The standard InChI is InChI=1S/C38H38N4O23P2/c43-13-24-30(48)32(50)29(37(63-24)64-67(58,59)65-66(56,57)60-14-25-31(49)33(51)35(62-25)42-8-7-26(46)41-38(42)55)40-27(47)12-39-34(52)15-1-4-18(21(9-15)36(53)54)28-19-5-2-16(44)10-22(19)61-23-11-17(45)3-6-20(23)28/h1-11,24-25,29-33,35,37,43-44,48-51H,12-14H2,(H,39,52)(H,40,47)(H,53,54)(H,56,57)(H,58,59)(H,41,46,55)/t24-,25-,29-,30-,31+,32-,33+,35-,37-/m1/s1. The molecular weight excluding hydrogens is 942 g/mol. The molecular formula is C38H38N4O23P2. The predicted octanol–water partition coefficient (Wildman–Crippen LogP) is -1.96. The monoisotopic (exact) mass is 980 g/mol. The maximum Gasteiger partial charge on any atom is 0.483 e. The lowest BCUT2D eigenvalue weighted by Crippen LogP contribution is -2.65. The summed E-state index contributed by atoms with van der Waals surface area (Å²) in [5.41, 5.74) is -2.20. The number of phenolic OH excluding ortho intramolecular Hbond substituents is 1. The molecule has 2 unspecified atom stereocenters. The summed E-state index contributed by atoms with van der Waals surface area (Å²) in [4.78, 5) is 97.3. The first-order valence-corrected chi connectivity index (χ1v) is 22.4. The molecule has 11 atom stereocenters. The molecule has 3 aliphatic heterocycles. The maximum atomic E-state index is 13.3. The number of aromatic carboxylic acids is 1. The van der Waals surface area contributed by atoms with Gasteiger partial charge in [0.1, 0.15) is 59.8 Å². The summed E-state index contributed by atoms with van der Waals surface area (Å²) >= 11 is 0. The highest BCUT2D eigenvalue weighted by Gasteiger charge is 2.50. The number of carboxylic acid groups (broad SMARTS) is 1. The van der Waals surface area contributed by atoms with Crippen LogP contribution in [0.15, 0.2) is 85.7 Å². The van der Waals surface area contributed by atoms with E-state index < -0.39 is 131 Å². The number of aliphatic hydroxyl groups is 5. The van der Waals surface area contributed by atoms with Gasteiger partial charge >= 0.3 is 27.3 Å². The molecule has 29 heteroatoms. The number of hydrogen-bond acceptors (Lipinski definition) is 20. The van der Waals surface area contributed by atoms with E-state index in [4.69, 9.17) is 18.4 Å². The van der Waals surface area contributed by atoms with Crippen LogP contribution in [-0.2, 0) is 36.8 Å². The summed E-state index contributed by atoms with van der Waals surface area (Å²) in [6.45, 7) is -3.15. The average Bonchev–Trinajstić information content (AvgIpc) is 3.54. The molecule has 4 heterocycles. The highest BCUT2D eigenvalue weighted by Crippen LogP contribution is 2.61. The van der Waals surface area contributed by atoms with Gasteiger partial charge in [-0.1, -0.05) is 6.07 Å². The molecule has 1 aliphatic carbocycles. The molecule has 0 saturated carbocycles. The highest BCUT2D eigenvalue weighted by molar-refractivity contribution is 7.61. The van der Waals surface area contributed by atoms with Gasteiger partial charge in [-0.15, -0.1) is 0 Å². The number of carbonyl (C=O) groups excluding carboxylic acids is 2. The quantitative estimate of drug-likeness (QED) is 0.0400. The summed E-state index contributed by atoms with van der Waals surface area (Å²) in [7, 11) is -11.7. The number of aromatic amines is 1. The van der Waals surface area contributed by atoms with Crippen molar-refractivity contribution in [1.29, 1.82) is 0 Å². The molecule has 358 valence electrons. The van der Waals surface area contributed by atoms with Crippen LogP contribution in [0.3, 0.4) is 0 Å². The van der Waals surface area contributed by atoms with Gasteiger partial charge < -0.3 is 70.1 Å². The lowest BCUT2D eigenvalue weighted by atomic mass is 9.90. The molecule has 27 nitrogen and oxygen atoms in total. The topological polar surface area (TPSA) is 423 Å². The molecule has 2 saturated heterocycles. The minimum absolute atomic E-state index is 0.0669. The number of rotatable bonds is 15. The Labute approximate surface area is 372 Å². The summed E-state index contributed by atoms with van der Waals surface area (Å²) in [6.07, 6.45) is -14.5. The van der Waals surface area contributed by atoms with E-state index in [1.165, 1.54) is 48.5 Å². The number of carboxylic acids is 1. The van der Waals surface area contributed by atoms with E-state index in [2.05, 4.69) is 19.5 Å². The summed E-state index contributed by atoms with van der Waals surface area (Å²) in [6, 6.07) is 10.2. The van der Waals surface area contributed by atoms with Gasteiger partial charge in [-0.3, -0.25) is 37.8 Å². The highest BCUT2D eigenvalue weighted by atomic mass is 31.3. The Balaban J connectivity index is 1.02. The Kier molecular flexibility index (Phi) is 14.1. The number of phosphoric acid groups is 2. The summed E-state index contributed by atoms with van der Waals surface area (Å²) in [5.74, 6) is -3.83. The van der Waals surface area contributed by atoms with Crippen molar-refractivity contribution in [2.75, 3.05) is 19.8 Å². The Morgan fingerprint density at radius 2 is 1.55 bits per heavy atom. The van der Waals surface area contributed by atoms with Crippen LogP contribution in [0.5, 0.6) is 5.75 Å². The first-order valence-electron chi connectivity index (χ1n) is 19.4. The normalized spacial score (nSPS) is 25.9. The third-order valence-electron chi connectivity index (χ3n) is 10.4. The van der Waals surface area contributed by atoms with Crippen LogP contribution in [0.1, 0.15) is 26.9 Å². The molecule has 2 aromatic carbocycles. The van der Waals surface area contributed by atoms with Crippen LogP contribution in [0.4, 0.5) is 0 Å². The SMILES string of the molecule is O=C(CNC(=O)c1ccc(-c2c3ccc(=O)cc-3oc3cc(O)ccc23)c(C(=O)O)c1)N[C@H]1[C@@H](OP(=O)(O)OP(=O)(O)OC[C@H]2O[C@@H](n3ccc(=O)[nH]c3=O)[C@@H](O)[C@H]2O)O[C@H](CO)[C@@H](O)[C@@H]1O. The second kappa shape index (κ2) is 19.3. The Morgan fingerprint density at radius 3 is 2.25 bits per heavy atom. The van der Waals surface area contributed by atoms with Crippen LogP contribution in [-0.4, -0.2) is 142 Å². The average molecular weight is 981 g/mol. The number of hydrogen-bond donors (Lipinski definition) is 12. The third-order valence-corrected chi connectivity index (χ3v) is 13.0. The molecule has 2 fully saturated rings. The first-order chi connectivity index (χ1) is 31.6. The maximum absolute atomic E-state index is 13.3. The zero-order valence-electron chi connectivity index (χ0n) is 33.8. The molecule has 0 bridgehead atoms. The number of nitrogens with one attached hydrogen (secondary N) is 3. The van der Waals surface area contributed by atoms with E-state index in [-0.39, 0.29) is 33.8 Å². The largest absolute Gasteiger partial charge is 0.508 e. The number of aromatic hydroxyl groups is 1. The number of ether oxygens (including phenoxy) is 2. The van der Waals surface area contributed by atoms with Crippen LogP contribution in [0.25, 0.3) is 33.4 Å². The zero-order valence-corrected chi connectivity index (χ0v) is 35.5. The van der Waals surface area contributed by atoms with Crippen LogP contribution in [0, 0.1) is 0 Å². The minimum atomic E-state index is -5.92. The smallest absolute Gasteiger partial charge is 0.483 e. The Morgan fingerprint density at radius 1 is 0.836 bits per heavy atom. The van der Waals surface area contributed by atoms with E-state index in [1.54, 1.807) is 0 Å². The van der Waals surface area contributed by atoms with E-state index in [0.717, 1.165) is 18.3 Å². The fourth-order valence-electron chi connectivity index (χ4n) is 7.25. The van der Waals surface area contributed by atoms with E-state index in [0.29, 0.717) is 15.5 Å². The number of benzene rings is 3. The first kappa shape index (κ1) is 48.9. The fraction of sp³-hybridized carbons (Fsp3) is 0.316. The number of H-pyrrole nitrogens is 1. The molecule has 2 amide bonds. The fourth-order valence-corrected chi connectivity index (χ4v) is 9.42. The number of aliphatic hydroxyl groups excluding tert-OH is 5. The van der Waals surface area contributed by atoms with Crippen LogP contribution < -0.4 is 27.3 Å². The third kappa shape index (κ3) is 10.6. The van der Waals surface area contributed by atoms with Gasteiger partial charge in [0.05, 0.1) is 25.3 Å². The van der Waals surface area contributed by atoms with Gasteiger partial charge in [0, 0.05) is 46.5 Å². The van der Waals surface area contributed by atoms with Crippen molar-refractivity contribution >= 4 is 44.4 Å². The molecule has 4 aliphatic rings. The second-order valence-corrected chi connectivity index (χ2v) is 17.8. The van der Waals surface area contributed by atoms with Crippen molar-refractivity contribution in [2.45, 2.75) is 55.2 Å². The van der Waals surface area contributed by atoms with Crippen molar-refractivity contribution in [3.8, 4) is 28.2 Å². The summed E-state index contributed by atoms with van der Waals surface area (Å²) in [5, 5.41) is 76.8. The molecule has 7 rings (SSSR count). The number of aromatic nitrogens is 2. The van der Waals surface area contributed by atoms with E-state index in [1.807, 2.05) is 4.98 Å². The Hall–Kier alpha value is -6.00. The molecule has 12 N–H and O–H groups in total. The zero-order chi connectivity index (χ0) is 48.7. The van der Waals surface area contributed by atoms with Crippen molar-refractivity contribution < 1.29 is 96.3 Å². The van der Waals surface area contributed by atoms with Gasteiger partial charge in [0.15, 0.2) is 17.9 Å². The number of phosphoric ester groups is 2. The minimum Gasteiger partial charge on any atom is -0.508 e. The number of phenols is 1. The van der Waals surface area contributed by atoms with Crippen LogP contribution >= 0.6 is 15.6 Å². The summed E-state index contributed by atoms with van der Waals surface area (Å²) < 4.78 is 56.6. The molecule has 0 spiro atoms. The van der Waals surface area contributed by atoms with Gasteiger partial charge in [-0.2, -0.15) is 4.31 Å². The van der Waals surface area contributed by atoms with Gasteiger partial charge in [-0.25, -0.2) is 18.7 Å². The molecule has 0 radical (unpaired) electrons. The molecule has 67 heavy (non-hydrogen) atoms. The Bertz CT molecular complexity index is 2980.